The normalized spacial score (nSPS) is 12.9. The lowest BCUT2D eigenvalue weighted by Gasteiger charge is -2.17. The first-order chi connectivity index (χ1) is 18.1. The lowest BCUT2D eigenvalue weighted by atomic mass is 9.98. The molecule has 0 saturated carbocycles. The van der Waals surface area contributed by atoms with E-state index in [0.717, 1.165) is 39.6 Å². The van der Waals surface area contributed by atoms with Crippen LogP contribution in [0.25, 0.3) is 10.9 Å². The Kier molecular flexibility index (Phi) is 8.27. The third-order valence-corrected chi connectivity index (χ3v) is 7.48. The molecule has 4 aromatic rings. The Bertz CT molecular complexity index is 1490. The predicted octanol–water partition coefficient (Wildman–Crippen LogP) is 7.54. The fourth-order valence-corrected chi connectivity index (χ4v) is 4.85. The zero-order valence-electron chi connectivity index (χ0n) is 22.8. The summed E-state index contributed by atoms with van der Waals surface area (Å²) in [6.45, 7) is 12.8. The number of benzene rings is 3. The molecule has 1 heterocycles. The number of carbonyl (C=O) groups excluding carboxylic acids is 2. The Balaban J connectivity index is 1.58. The first-order valence-electron chi connectivity index (χ1n) is 13.0. The van der Waals surface area contributed by atoms with E-state index in [1.54, 1.807) is 13.0 Å². The van der Waals surface area contributed by atoms with Gasteiger partial charge in [-0.25, -0.2) is 0 Å². The number of nitrogens with zero attached hydrogens (tertiary/aromatic N) is 1. The number of aryl methyl sites for hydroxylation is 1. The van der Waals surface area contributed by atoms with Gasteiger partial charge in [-0.1, -0.05) is 55.8 Å². The summed E-state index contributed by atoms with van der Waals surface area (Å²) in [7, 11) is 0. The van der Waals surface area contributed by atoms with E-state index in [1.165, 1.54) is 5.56 Å². The van der Waals surface area contributed by atoms with Gasteiger partial charge in [0.2, 0.25) is 0 Å². The number of aldehydes is 1. The van der Waals surface area contributed by atoms with Crippen LogP contribution in [0.2, 0.25) is 5.02 Å². The topological polar surface area (TPSA) is 60.3 Å². The molecule has 0 saturated heterocycles. The zero-order valence-corrected chi connectivity index (χ0v) is 23.6. The highest BCUT2D eigenvalue weighted by molar-refractivity contribution is 6.32. The molecule has 2 atom stereocenters. The number of hydrogen-bond acceptors (Lipinski definition) is 3. The number of fused-ring (bicyclic) bond motifs is 1. The maximum absolute atomic E-state index is 13.2. The largest absolute Gasteiger partial charge is 0.482 e. The van der Waals surface area contributed by atoms with E-state index in [0.29, 0.717) is 28.8 Å². The van der Waals surface area contributed by atoms with E-state index >= 15 is 0 Å². The molecule has 6 heteroatoms. The van der Waals surface area contributed by atoms with Crippen molar-refractivity contribution >= 4 is 34.7 Å². The third-order valence-electron chi connectivity index (χ3n) is 7.17. The van der Waals surface area contributed by atoms with Crippen molar-refractivity contribution in [1.29, 1.82) is 0 Å². The average molecular weight is 531 g/mol. The Hall–Kier alpha value is -3.57. The van der Waals surface area contributed by atoms with Crippen molar-refractivity contribution in [3.8, 4) is 5.75 Å². The number of hydrogen-bond donors (Lipinski definition) is 1. The molecule has 4 rings (SSSR count). The van der Waals surface area contributed by atoms with Crippen molar-refractivity contribution in [2.24, 2.45) is 0 Å². The Morgan fingerprint density at radius 3 is 2.45 bits per heavy atom. The summed E-state index contributed by atoms with van der Waals surface area (Å²) < 4.78 is 7.89. The molecule has 1 amide bonds. The molecule has 0 fully saturated rings. The lowest BCUT2D eigenvalue weighted by molar-refractivity contribution is -0.113. The van der Waals surface area contributed by atoms with Crippen LogP contribution in [0.3, 0.4) is 0 Å². The fraction of sp³-hybridized carbons (Fsp3) is 0.312. The first-order valence-corrected chi connectivity index (χ1v) is 13.4. The van der Waals surface area contributed by atoms with Gasteiger partial charge in [-0.15, -0.1) is 0 Å². The van der Waals surface area contributed by atoms with Crippen molar-refractivity contribution in [2.45, 2.75) is 66.2 Å². The Labute approximate surface area is 229 Å². The summed E-state index contributed by atoms with van der Waals surface area (Å²) >= 11 is 6.29. The molecule has 3 aromatic carbocycles. The van der Waals surface area contributed by atoms with Crippen LogP contribution < -0.4 is 10.1 Å². The van der Waals surface area contributed by atoms with Crippen LogP contribution >= 0.6 is 11.6 Å². The smallest absolute Gasteiger partial charge is 0.251 e. The molecule has 5 nitrogen and oxygen atoms in total. The van der Waals surface area contributed by atoms with Gasteiger partial charge in [0.05, 0.1) is 11.1 Å². The second kappa shape index (κ2) is 11.4. The standard InChI is InChI=1S/C32H35ClN2O3/c1-19(2)25-8-7-9-26(15-25)22(5)34-32(37)27-11-13-30-28(16-27)21(4)23(6)35(30)17-24-10-12-29(33)31(14-24)38-20(3)18-36/h7-16,18-20,22H,17H2,1-6H3,(H,34,37)/t20-,22+/m1/s1. The highest BCUT2D eigenvalue weighted by atomic mass is 35.5. The molecule has 0 radical (unpaired) electrons. The number of carbonyl (C=O) groups is 2. The number of nitrogens with one attached hydrogen (secondary N) is 1. The van der Waals surface area contributed by atoms with Crippen LogP contribution in [-0.2, 0) is 11.3 Å². The van der Waals surface area contributed by atoms with Crippen LogP contribution in [0.1, 0.15) is 78.0 Å². The maximum Gasteiger partial charge on any atom is 0.251 e. The van der Waals surface area contributed by atoms with E-state index in [2.05, 4.69) is 55.8 Å². The average Bonchev–Trinajstić information content (AvgIpc) is 3.14. The van der Waals surface area contributed by atoms with Gasteiger partial charge >= 0.3 is 0 Å². The fourth-order valence-electron chi connectivity index (χ4n) is 4.69. The minimum Gasteiger partial charge on any atom is -0.482 e. The number of ether oxygens (including phenoxy) is 1. The number of aromatic nitrogens is 1. The van der Waals surface area contributed by atoms with E-state index in [-0.39, 0.29) is 11.9 Å². The van der Waals surface area contributed by atoms with Crippen LogP contribution in [0, 0.1) is 13.8 Å². The van der Waals surface area contributed by atoms with Gasteiger partial charge in [-0.2, -0.15) is 0 Å². The monoisotopic (exact) mass is 530 g/mol. The van der Waals surface area contributed by atoms with Gasteiger partial charge in [0.25, 0.3) is 5.91 Å². The van der Waals surface area contributed by atoms with Crippen molar-refractivity contribution < 1.29 is 14.3 Å². The quantitative estimate of drug-likeness (QED) is 0.227. The molecule has 0 bridgehead atoms. The minimum absolute atomic E-state index is 0.0945. The van der Waals surface area contributed by atoms with E-state index in [9.17, 15) is 9.59 Å². The number of amides is 1. The van der Waals surface area contributed by atoms with Gasteiger partial charge in [-0.05, 0) is 86.2 Å². The van der Waals surface area contributed by atoms with Crippen LogP contribution in [-0.4, -0.2) is 22.9 Å². The minimum atomic E-state index is -0.578. The van der Waals surface area contributed by atoms with Crippen LogP contribution in [0.4, 0.5) is 0 Å². The van der Waals surface area contributed by atoms with Gasteiger partial charge in [0.1, 0.15) is 5.75 Å². The predicted molar refractivity (Wildman–Crippen MR) is 155 cm³/mol. The van der Waals surface area contributed by atoms with Gasteiger partial charge in [0.15, 0.2) is 12.4 Å². The number of rotatable bonds is 9. The van der Waals surface area contributed by atoms with Crippen molar-refractivity contribution in [2.75, 3.05) is 0 Å². The summed E-state index contributed by atoms with van der Waals surface area (Å²) in [5, 5.41) is 4.67. The molecular formula is C32H35ClN2O3. The van der Waals surface area contributed by atoms with Crippen LogP contribution in [0.15, 0.2) is 60.7 Å². The molecule has 1 N–H and O–H groups in total. The molecule has 38 heavy (non-hydrogen) atoms. The van der Waals surface area contributed by atoms with Crippen molar-refractivity contribution in [3.05, 3.63) is 99.2 Å². The molecule has 0 unspecified atom stereocenters. The first kappa shape index (κ1) is 27.5. The zero-order chi connectivity index (χ0) is 27.6. The highest BCUT2D eigenvalue weighted by Gasteiger charge is 2.17. The molecule has 1 aromatic heterocycles. The maximum atomic E-state index is 13.2. The summed E-state index contributed by atoms with van der Waals surface area (Å²) in [5.41, 5.74) is 7.29. The highest BCUT2D eigenvalue weighted by Crippen LogP contribution is 2.30. The Morgan fingerprint density at radius 2 is 1.74 bits per heavy atom. The summed E-state index contributed by atoms with van der Waals surface area (Å²) in [6.07, 6.45) is 0.165. The van der Waals surface area contributed by atoms with E-state index in [1.807, 2.05) is 43.3 Å². The summed E-state index contributed by atoms with van der Waals surface area (Å²) in [6, 6.07) is 19.8. The van der Waals surface area contributed by atoms with E-state index < -0.39 is 6.10 Å². The van der Waals surface area contributed by atoms with Gasteiger partial charge in [0, 0.05) is 28.7 Å². The molecule has 0 aliphatic heterocycles. The summed E-state index contributed by atoms with van der Waals surface area (Å²) in [5.74, 6) is 0.826. The molecule has 0 aliphatic rings. The molecule has 198 valence electrons. The van der Waals surface area contributed by atoms with E-state index in [4.69, 9.17) is 16.3 Å². The molecular weight excluding hydrogens is 496 g/mol. The summed E-state index contributed by atoms with van der Waals surface area (Å²) in [4.78, 5) is 24.2. The van der Waals surface area contributed by atoms with Gasteiger partial charge < -0.3 is 14.6 Å². The Morgan fingerprint density at radius 1 is 1.00 bits per heavy atom. The third kappa shape index (κ3) is 5.78. The second-order valence-corrected chi connectivity index (χ2v) is 10.7. The molecule has 0 aliphatic carbocycles. The lowest BCUT2D eigenvalue weighted by Crippen LogP contribution is -2.26. The van der Waals surface area contributed by atoms with Crippen molar-refractivity contribution in [1.82, 2.24) is 9.88 Å². The van der Waals surface area contributed by atoms with Crippen LogP contribution in [0.5, 0.6) is 5.75 Å². The van der Waals surface area contributed by atoms with Crippen molar-refractivity contribution in [3.63, 3.8) is 0 Å². The van der Waals surface area contributed by atoms with Gasteiger partial charge in [-0.3, -0.25) is 9.59 Å². The second-order valence-electron chi connectivity index (χ2n) is 10.3. The SMILES string of the molecule is Cc1c(C)n(Cc2ccc(Cl)c(O[C@H](C)C=O)c2)c2ccc(C(=O)N[C@@H](C)c3cccc(C(C)C)c3)cc12. The molecule has 0 spiro atoms. The number of halogens is 1.